The van der Waals surface area contributed by atoms with Gasteiger partial charge in [-0.05, 0) is 18.4 Å². The van der Waals surface area contributed by atoms with Gasteiger partial charge >= 0.3 is 0 Å². The minimum atomic E-state index is 0.199. The zero-order valence-electron chi connectivity index (χ0n) is 9.52. The fourth-order valence-corrected chi connectivity index (χ4v) is 1.84. The van der Waals surface area contributed by atoms with E-state index < -0.39 is 0 Å². The summed E-state index contributed by atoms with van der Waals surface area (Å²) in [6, 6.07) is 10.2. The van der Waals surface area contributed by atoms with Crippen LogP contribution in [0.2, 0.25) is 0 Å². The molecular formula is C14H18O2. The van der Waals surface area contributed by atoms with Gasteiger partial charge in [-0.25, -0.2) is 0 Å². The van der Waals surface area contributed by atoms with Crippen LogP contribution in [0.4, 0.5) is 0 Å². The SMILES string of the molecule is C=C1CCOC(COCc2ccccc2)C1. The second kappa shape index (κ2) is 5.83. The van der Waals surface area contributed by atoms with Crippen LogP contribution in [0, 0.1) is 0 Å². The first kappa shape index (κ1) is 11.4. The van der Waals surface area contributed by atoms with Crippen molar-refractivity contribution >= 4 is 0 Å². The van der Waals surface area contributed by atoms with Gasteiger partial charge in [-0.2, -0.15) is 0 Å². The van der Waals surface area contributed by atoms with Gasteiger partial charge in [0, 0.05) is 0 Å². The molecular weight excluding hydrogens is 200 g/mol. The molecule has 1 aromatic rings. The lowest BCUT2D eigenvalue weighted by Crippen LogP contribution is -2.25. The van der Waals surface area contributed by atoms with Crippen LogP contribution in [0.3, 0.4) is 0 Å². The highest BCUT2D eigenvalue weighted by Crippen LogP contribution is 2.17. The average molecular weight is 218 g/mol. The maximum Gasteiger partial charge on any atom is 0.0845 e. The highest BCUT2D eigenvalue weighted by molar-refractivity contribution is 5.13. The molecule has 0 saturated carbocycles. The van der Waals surface area contributed by atoms with Gasteiger partial charge in [0.05, 0.1) is 25.9 Å². The van der Waals surface area contributed by atoms with Crippen molar-refractivity contribution in [1.82, 2.24) is 0 Å². The third-order valence-electron chi connectivity index (χ3n) is 2.74. The quantitative estimate of drug-likeness (QED) is 0.723. The van der Waals surface area contributed by atoms with E-state index in [4.69, 9.17) is 9.47 Å². The monoisotopic (exact) mass is 218 g/mol. The Hall–Kier alpha value is -1.12. The first-order valence-corrected chi connectivity index (χ1v) is 5.74. The highest BCUT2D eigenvalue weighted by Gasteiger charge is 2.16. The summed E-state index contributed by atoms with van der Waals surface area (Å²) in [4.78, 5) is 0. The predicted octanol–water partition coefficient (Wildman–Crippen LogP) is 2.94. The van der Waals surface area contributed by atoms with Crippen molar-refractivity contribution in [2.24, 2.45) is 0 Å². The van der Waals surface area contributed by atoms with Crippen LogP contribution in [-0.4, -0.2) is 19.3 Å². The summed E-state index contributed by atoms with van der Waals surface area (Å²) in [6.07, 6.45) is 2.13. The van der Waals surface area contributed by atoms with E-state index in [0.717, 1.165) is 19.4 Å². The number of hydrogen-bond acceptors (Lipinski definition) is 2. The van der Waals surface area contributed by atoms with Gasteiger partial charge in [-0.15, -0.1) is 0 Å². The fourth-order valence-electron chi connectivity index (χ4n) is 1.84. The Bertz CT molecular complexity index is 332. The standard InChI is InChI=1S/C14H18O2/c1-12-7-8-16-14(9-12)11-15-10-13-5-3-2-4-6-13/h2-6,14H,1,7-11H2. The number of benzene rings is 1. The lowest BCUT2D eigenvalue weighted by atomic mass is 10.1. The normalized spacial score (nSPS) is 21.0. The molecule has 1 aliphatic rings. The van der Waals surface area contributed by atoms with Crippen LogP contribution >= 0.6 is 0 Å². The van der Waals surface area contributed by atoms with E-state index in [-0.39, 0.29) is 6.10 Å². The van der Waals surface area contributed by atoms with E-state index in [1.165, 1.54) is 11.1 Å². The molecule has 0 aromatic heterocycles. The minimum Gasteiger partial charge on any atom is -0.375 e. The van der Waals surface area contributed by atoms with E-state index >= 15 is 0 Å². The van der Waals surface area contributed by atoms with Gasteiger partial charge in [0.15, 0.2) is 0 Å². The molecule has 0 amide bonds. The van der Waals surface area contributed by atoms with Crippen molar-refractivity contribution < 1.29 is 9.47 Å². The number of ether oxygens (including phenoxy) is 2. The Labute approximate surface area is 96.9 Å². The molecule has 0 bridgehead atoms. The molecule has 86 valence electrons. The summed E-state index contributed by atoms with van der Waals surface area (Å²) in [5.74, 6) is 0. The van der Waals surface area contributed by atoms with E-state index in [9.17, 15) is 0 Å². The van der Waals surface area contributed by atoms with Crippen molar-refractivity contribution in [3.8, 4) is 0 Å². The van der Waals surface area contributed by atoms with Crippen molar-refractivity contribution in [1.29, 1.82) is 0 Å². The zero-order valence-corrected chi connectivity index (χ0v) is 9.52. The summed E-state index contributed by atoms with van der Waals surface area (Å²) in [5.41, 5.74) is 2.48. The Morgan fingerprint density at radius 3 is 2.88 bits per heavy atom. The predicted molar refractivity (Wildman–Crippen MR) is 64.2 cm³/mol. The molecule has 0 N–H and O–H groups in total. The van der Waals surface area contributed by atoms with E-state index in [1.54, 1.807) is 0 Å². The molecule has 1 aliphatic heterocycles. The Morgan fingerprint density at radius 1 is 1.31 bits per heavy atom. The smallest absolute Gasteiger partial charge is 0.0845 e. The Morgan fingerprint density at radius 2 is 2.12 bits per heavy atom. The van der Waals surface area contributed by atoms with Crippen molar-refractivity contribution in [2.45, 2.75) is 25.6 Å². The molecule has 0 radical (unpaired) electrons. The van der Waals surface area contributed by atoms with Crippen LogP contribution in [0.5, 0.6) is 0 Å². The molecule has 0 aliphatic carbocycles. The lowest BCUT2D eigenvalue weighted by Gasteiger charge is -2.24. The minimum absolute atomic E-state index is 0.199. The van der Waals surface area contributed by atoms with Gasteiger partial charge in [0.25, 0.3) is 0 Å². The van der Waals surface area contributed by atoms with E-state index in [1.807, 2.05) is 18.2 Å². The Kier molecular flexibility index (Phi) is 4.14. The average Bonchev–Trinajstić information content (AvgIpc) is 2.30. The number of hydrogen-bond donors (Lipinski definition) is 0. The van der Waals surface area contributed by atoms with Gasteiger partial charge in [-0.1, -0.05) is 42.5 Å². The zero-order chi connectivity index (χ0) is 11.2. The molecule has 1 unspecified atom stereocenters. The van der Waals surface area contributed by atoms with Gasteiger partial charge in [-0.3, -0.25) is 0 Å². The molecule has 1 saturated heterocycles. The van der Waals surface area contributed by atoms with Crippen molar-refractivity contribution in [2.75, 3.05) is 13.2 Å². The molecule has 1 fully saturated rings. The van der Waals surface area contributed by atoms with Gasteiger partial charge < -0.3 is 9.47 Å². The summed E-state index contributed by atoms with van der Waals surface area (Å²) in [5, 5.41) is 0. The number of rotatable bonds is 4. The molecule has 2 heteroatoms. The highest BCUT2D eigenvalue weighted by atomic mass is 16.5. The Balaban J connectivity index is 1.70. The second-order valence-corrected chi connectivity index (χ2v) is 4.20. The summed E-state index contributed by atoms with van der Waals surface area (Å²) >= 11 is 0. The summed E-state index contributed by atoms with van der Waals surface area (Å²) in [6.45, 7) is 6.11. The molecule has 1 atom stereocenters. The molecule has 2 nitrogen and oxygen atoms in total. The van der Waals surface area contributed by atoms with Crippen LogP contribution in [0.25, 0.3) is 0 Å². The van der Waals surface area contributed by atoms with Crippen molar-refractivity contribution in [3.63, 3.8) is 0 Å². The summed E-state index contributed by atoms with van der Waals surface area (Å²) < 4.78 is 11.2. The largest absolute Gasteiger partial charge is 0.375 e. The molecule has 2 rings (SSSR count). The maximum absolute atomic E-state index is 5.64. The van der Waals surface area contributed by atoms with Crippen molar-refractivity contribution in [3.05, 3.63) is 48.0 Å². The van der Waals surface area contributed by atoms with E-state index in [0.29, 0.717) is 13.2 Å². The second-order valence-electron chi connectivity index (χ2n) is 4.20. The van der Waals surface area contributed by atoms with Crippen LogP contribution in [0.15, 0.2) is 42.5 Å². The van der Waals surface area contributed by atoms with Gasteiger partial charge in [0.2, 0.25) is 0 Å². The fraction of sp³-hybridized carbons (Fsp3) is 0.429. The van der Waals surface area contributed by atoms with Crippen LogP contribution in [0.1, 0.15) is 18.4 Å². The van der Waals surface area contributed by atoms with Gasteiger partial charge in [0.1, 0.15) is 0 Å². The third-order valence-corrected chi connectivity index (χ3v) is 2.74. The molecule has 0 spiro atoms. The van der Waals surface area contributed by atoms with Crippen LogP contribution < -0.4 is 0 Å². The van der Waals surface area contributed by atoms with E-state index in [2.05, 4.69) is 18.7 Å². The lowest BCUT2D eigenvalue weighted by molar-refractivity contribution is -0.0320. The summed E-state index contributed by atoms with van der Waals surface area (Å²) in [7, 11) is 0. The maximum atomic E-state index is 5.64. The third kappa shape index (κ3) is 3.47. The molecule has 16 heavy (non-hydrogen) atoms. The first-order chi connectivity index (χ1) is 7.84. The topological polar surface area (TPSA) is 18.5 Å². The molecule has 1 aromatic carbocycles. The molecule has 1 heterocycles. The first-order valence-electron chi connectivity index (χ1n) is 5.74. The van der Waals surface area contributed by atoms with Crippen LogP contribution in [-0.2, 0) is 16.1 Å².